The number of hydrogen-bond acceptors (Lipinski definition) is 4. The van der Waals surface area contributed by atoms with E-state index in [0.29, 0.717) is 21.5 Å². The molecule has 0 aliphatic carbocycles. The summed E-state index contributed by atoms with van der Waals surface area (Å²) >= 11 is 6.82. The number of nitrogens with one attached hydrogen (secondary N) is 1. The lowest BCUT2D eigenvalue weighted by Crippen LogP contribution is -2.54. The molecular weight excluding hydrogens is 571 g/mol. The molecule has 0 unspecified atom stereocenters. The number of nitrogens with zero attached hydrogens (tertiary/aromatic N) is 1. The first-order chi connectivity index (χ1) is 16.2. The monoisotopic (exact) mass is 586 g/mol. The molecule has 1 saturated heterocycles. The van der Waals surface area contributed by atoms with Crippen molar-refractivity contribution < 1.29 is 23.5 Å². The summed E-state index contributed by atoms with van der Waals surface area (Å²) in [7, 11) is 0. The highest BCUT2D eigenvalue weighted by molar-refractivity contribution is 9.10. The topological polar surface area (TPSA) is 75.7 Å². The van der Waals surface area contributed by atoms with Crippen molar-refractivity contribution in [1.29, 1.82) is 0 Å². The van der Waals surface area contributed by atoms with Gasteiger partial charge in [-0.15, -0.1) is 0 Å². The third-order valence-corrected chi connectivity index (χ3v) is 6.59. The molecule has 6 nitrogen and oxygen atoms in total. The number of carbonyl (C=O) groups excluding carboxylic acids is 3. The Morgan fingerprint density at radius 2 is 1.71 bits per heavy atom. The maximum Gasteiger partial charge on any atom is 0.335 e. The van der Waals surface area contributed by atoms with Crippen LogP contribution in [0.15, 0.2) is 75.2 Å². The van der Waals surface area contributed by atoms with Crippen molar-refractivity contribution in [2.45, 2.75) is 13.5 Å². The lowest BCUT2D eigenvalue weighted by molar-refractivity contribution is -0.122. The maximum atomic E-state index is 13.1. The third kappa shape index (κ3) is 5.10. The van der Waals surface area contributed by atoms with Crippen molar-refractivity contribution in [3.63, 3.8) is 0 Å². The van der Waals surface area contributed by atoms with Crippen molar-refractivity contribution in [2.75, 3.05) is 4.90 Å². The number of imide groups is 2. The maximum absolute atomic E-state index is 13.1. The normalized spacial score (nSPS) is 15.0. The molecule has 9 heteroatoms. The van der Waals surface area contributed by atoms with Crippen LogP contribution in [-0.4, -0.2) is 17.8 Å². The fraction of sp³-hybridized carbons (Fsp3) is 0.0800. The summed E-state index contributed by atoms with van der Waals surface area (Å²) in [4.78, 5) is 38.9. The Morgan fingerprint density at radius 3 is 2.38 bits per heavy atom. The Kier molecular flexibility index (Phi) is 6.95. The Morgan fingerprint density at radius 1 is 0.971 bits per heavy atom. The zero-order valence-corrected chi connectivity index (χ0v) is 20.9. The van der Waals surface area contributed by atoms with Gasteiger partial charge < -0.3 is 4.74 Å². The van der Waals surface area contributed by atoms with Crippen LogP contribution >= 0.6 is 31.9 Å². The van der Waals surface area contributed by atoms with Gasteiger partial charge in [-0.1, -0.05) is 34.1 Å². The van der Waals surface area contributed by atoms with E-state index in [-0.39, 0.29) is 18.0 Å². The number of amides is 4. The van der Waals surface area contributed by atoms with E-state index in [1.54, 1.807) is 48.5 Å². The van der Waals surface area contributed by atoms with Crippen LogP contribution in [-0.2, 0) is 16.2 Å². The summed E-state index contributed by atoms with van der Waals surface area (Å²) in [6.07, 6.45) is 1.41. The molecule has 4 amide bonds. The summed E-state index contributed by atoms with van der Waals surface area (Å²) < 4.78 is 20.3. The largest absolute Gasteiger partial charge is 0.488 e. The van der Waals surface area contributed by atoms with E-state index >= 15 is 0 Å². The van der Waals surface area contributed by atoms with E-state index in [1.165, 1.54) is 18.2 Å². The van der Waals surface area contributed by atoms with Crippen LogP contribution in [0.3, 0.4) is 0 Å². The van der Waals surface area contributed by atoms with E-state index in [1.807, 2.05) is 6.92 Å². The average molecular weight is 588 g/mol. The number of carbonyl (C=O) groups is 3. The highest BCUT2D eigenvalue weighted by Gasteiger charge is 2.36. The highest BCUT2D eigenvalue weighted by Crippen LogP contribution is 2.30. The summed E-state index contributed by atoms with van der Waals surface area (Å²) in [6.45, 7) is 2.07. The standard InChI is InChI=1S/C25H17Br2FN2O4/c1-14-10-18(7-8-20(14)26)30-24(32)19(23(31)29-25(30)33)11-16-4-9-22(21(27)12-16)34-13-15-2-5-17(28)6-3-15/h2-12H,13H2,1H3,(H,29,31,33)/b19-11+. The number of hydrogen-bond donors (Lipinski definition) is 1. The first-order valence-corrected chi connectivity index (χ1v) is 11.7. The molecule has 0 radical (unpaired) electrons. The quantitative estimate of drug-likeness (QED) is 0.298. The van der Waals surface area contributed by atoms with Gasteiger partial charge in [0, 0.05) is 4.47 Å². The van der Waals surface area contributed by atoms with Crippen LogP contribution in [0, 0.1) is 12.7 Å². The fourth-order valence-electron chi connectivity index (χ4n) is 3.29. The van der Waals surface area contributed by atoms with Crippen LogP contribution in [0.1, 0.15) is 16.7 Å². The minimum absolute atomic E-state index is 0.174. The van der Waals surface area contributed by atoms with Gasteiger partial charge in [-0.3, -0.25) is 14.9 Å². The molecule has 0 atom stereocenters. The number of urea groups is 1. The molecule has 3 aromatic rings. The Bertz CT molecular complexity index is 1340. The molecule has 0 bridgehead atoms. The van der Waals surface area contributed by atoms with Crippen LogP contribution in [0.5, 0.6) is 5.75 Å². The van der Waals surface area contributed by atoms with E-state index in [2.05, 4.69) is 37.2 Å². The van der Waals surface area contributed by atoms with Crippen molar-refractivity contribution >= 4 is 61.5 Å². The molecule has 0 saturated carbocycles. The second-order valence-corrected chi connectivity index (χ2v) is 9.21. The predicted octanol–water partition coefficient (Wildman–Crippen LogP) is 5.90. The number of halogens is 3. The molecule has 172 valence electrons. The molecule has 3 aromatic carbocycles. The molecule has 1 aliphatic heterocycles. The highest BCUT2D eigenvalue weighted by atomic mass is 79.9. The summed E-state index contributed by atoms with van der Waals surface area (Å²) in [6, 6.07) is 15.3. The minimum Gasteiger partial charge on any atom is -0.488 e. The molecule has 0 spiro atoms. The predicted molar refractivity (Wildman–Crippen MR) is 133 cm³/mol. The van der Waals surface area contributed by atoms with Crippen molar-refractivity contribution in [3.8, 4) is 5.75 Å². The number of rotatable bonds is 5. The van der Waals surface area contributed by atoms with Crippen molar-refractivity contribution in [2.24, 2.45) is 0 Å². The Labute approximate surface area is 211 Å². The van der Waals surface area contributed by atoms with Gasteiger partial charge in [0.05, 0.1) is 10.2 Å². The van der Waals surface area contributed by atoms with Gasteiger partial charge >= 0.3 is 6.03 Å². The molecule has 1 heterocycles. The molecular formula is C25H17Br2FN2O4. The first-order valence-electron chi connectivity index (χ1n) is 10.1. The van der Waals surface area contributed by atoms with E-state index in [4.69, 9.17) is 4.74 Å². The minimum atomic E-state index is -0.806. The van der Waals surface area contributed by atoms with Crippen LogP contribution in [0.2, 0.25) is 0 Å². The second kappa shape index (κ2) is 9.90. The lowest BCUT2D eigenvalue weighted by atomic mass is 10.1. The smallest absolute Gasteiger partial charge is 0.335 e. The number of barbiturate groups is 1. The summed E-state index contributed by atoms with van der Waals surface area (Å²) in [5.41, 5.74) is 2.37. The van der Waals surface area contributed by atoms with Gasteiger partial charge in [0.2, 0.25) is 0 Å². The van der Waals surface area contributed by atoms with Gasteiger partial charge in [0.1, 0.15) is 23.7 Å². The third-order valence-electron chi connectivity index (χ3n) is 5.08. The summed E-state index contributed by atoms with van der Waals surface area (Å²) in [5.74, 6) is -1.27. The summed E-state index contributed by atoms with van der Waals surface area (Å²) in [5, 5.41) is 2.22. The van der Waals surface area contributed by atoms with Gasteiger partial charge in [-0.2, -0.15) is 0 Å². The van der Waals surface area contributed by atoms with E-state index < -0.39 is 17.8 Å². The zero-order valence-electron chi connectivity index (χ0n) is 17.8. The molecule has 1 N–H and O–H groups in total. The van der Waals surface area contributed by atoms with Crippen LogP contribution in [0.25, 0.3) is 6.08 Å². The van der Waals surface area contributed by atoms with Gasteiger partial charge in [-0.05, 0) is 88.1 Å². The Balaban J connectivity index is 1.56. The molecule has 34 heavy (non-hydrogen) atoms. The fourth-order valence-corrected chi connectivity index (χ4v) is 4.05. The van der Waals surface area contributed by atoms with Crippen molar-refractivity contribution in [1.82, 2.24) is 5.32 Å². The molecule has 4 rings (SSSR count). The molecule has 1 fully saturated rings. The van der Waals surface area contributed by atoms with Crippen LogP contribution in [0.4, 0.5) is 14.9 Å². The second-order valence-electron chi connectivity index (χ2n) is 7.50. The zero-order chi connectivity index (χ0) is 24.4. The number of anilines is 1. The Hall–Kier alpha value is -3.30. The first kappa shape index (κ1) is 23.8. The molecule has 0 aromatic heterocycles. The van der Waals surface area contributed by atoms with E-state index in [9.17, 15) is 18.8 Å². The SMILES string of the molecule is Cc1cc(N2C(=O)NC(=O)/C(=C\c3ccc(OCc4ccc(F)cc4)c(Br)c3)C2=O)ccc1Br. The lowest BCUT2D eigenvalue weighted by Gasteiger charge is -2.26. The van der Waals surface area contributed by atoms with Crippen molar-refractivity contribution in [3.05, 3.63) is 97.7 Å². The van der Waals surface area contributed by atoms with Gasteiger partial charge in [0.15, 0.2) is 0 Å². The van der Waals surface area contributed by atoms with Gasteiger partial charge in [0.25, 0.3) is 11.8 Å². The number of ether oxygens (including phenoxy) is 1. The molecule has 1 aliphatic rings. The number of benzene rings is 3. The van der Waals surface area contributed by atoms with Gasteiger partial charge in [-0.25, -0.2) is 14.1 Å². The van der Waals surface area contributed by atoms with Crippen LogP contribution < -0.4 is 15.0 Å². The average Bonchev–Trinajstić information content (AvgIpc) is 2.79. The number of aryl methyl sites for hydroxylation is 1. The van der Waals surface area contributed by atoms with E-state index in [0.717, 1.165) is 20.5 Å².